The van der Waals surface area contributed by atoms with Gasteiger partial charge in [-0.2, -0.15) is 0 Å². The van der Waals surface area contributed by atoms with Crippen LogP contribution >= 0.6 is 15.9 Å². The van der Waals surface area contributed by atoms with E-state index in [2.05, 4.69) is 15.9 Å². The molecule has 6 heteroatoms. The molecule has 4 nitrogen and oxygen atoms in total. The molecule has 0 aliphatic rings. The van der Waals surface area contributed by atoms with Crippen molar-refractivity contribution in [2.45, 2.75) is 13.5 Å². The fraction of sp³-hybridized carbons (Fsp3) is 0.444. The summed E-state index contributed by atoms with van der Waals surface area (Å²) < 4.78 is 12.9. The zero-order chi connectivity index (χ0) is 11.6. The van der Waals surface area contributed by atoms with Crippen molar-refractivity contribution in [1.29, 1.82) is 0 Å². The second kappa shape index (κ2) is 4.94. The van der Waals surface area contributed by atoms with Gasteiger partial charge in [-0.3, -0.25) is 9.00 Å². The lowest BCUT2D eigenvalue weighted by Crippen LogP contribution is -2.24. The molecule has 15 heavy (non-hydrogen) atoms. The minimum atomic E-state index is -0.909. The minimum absolute atomic E-state index is 0.132. The molecule has 0 amide bonds. The molecule has 0 saturated carbocycles. The summed E-state index contributed by atoms with van der Waals surface area (Å²) in [4.78, 5) is 11.7. The Hall–Kier alpha value is -0.620. The van der Waals surface area contributed by atoms with Crippen molar-refractivity contribution in [3.8, 4) is 0 Å². The van der Waals surface area contributed by atoms with Crippen molar-refractivity contribution in [2.75, 3.05) is 17.7 Å². The van der Waals surface area contributed by atoms with E-state index in [1.807, 2.05) is 0 Å². The van der Waals surface area contributed by atoms with Crippen LogP contribution in [0, 0.1) is 6.92 Å². The second-order valence-electron chi connectivity index (χ2n) is 3.30. The summed E-state index contributed by atoms with van der Waals surface area (Å²) in [6.45, 7) is 2.20. The lowest BCUT2D eigenvalue weighted by atomic mass is 10.2. The van der Waals surface area contributed by atoms with Crippen molar-refractivity contribution in [3.05, 3.63) is 26.6 Å². The Kier molecular flexibility index (Phi) is 4.10. The van der Waals surface area contributed by atoms with E-state index in [-0.39, 0.29) is 5.56 Å². The van der Waals surface area contributed by atoms with E-state index in [1.165, 1.54) is 4.57 Å². The van der Waals surface area contributed by atoms with Gasteiger partial charge in [0.1, 0.15) is 0 Å². The molecule has 0 aliphatic heterocycles. The fourth-order valence-corrected chi connectivity index (χ4v) is 2.04. The van der Waals surface area contributed by atoms with Crippen LogP contribution in [0.4, 0.5) is 5.69 Å². The Labute approximate surface area is 99.1 Å². The molecule has 1 unspecified atom stereocenters. The number of rotatable bonds is 3. The fourth-order valence-electron chi connectivity index (χ4n) is 1.13. The van der Waals surface area contributed by atoms with E-state index in [1.54, 1.807) is 19.4 Å². The average molecular weight is 293 g/mol. The lowest BCUT2D eigenvalue weighted by molar-refractivity contribution is 0.672. The first-order chi connectivity index (χ1) is 6.93. The zero-order valence-electron chi connectivity index (χ0n) is 8.62. The molecule has 0 aliphatic carbocycles. The maximum absolute atomic E-state index is 11.7. The summed E-state index contributed by atoms with van der Waals surface area (Å²) in [6, 6.07) is 0. The van der Waals surface area contributed by atoms with E-state index in [4.69, 9.17) is 5.73 Å². The van der Waals surface area contributed by atoms with Crippen LogP contribution in [0.1, 0.15) is 5.56 Å². The SMILES string of the molecule is Cc1c(N)cn(CCS(C)=O)c(=O)c1Br. The molecular weight excluding hydrogens is 280 g/mol. The smallest absolute Gasteiger partial charge is 0.265 e. The van der Waals surface area contributed by atoms with Gasteiger partial charge in [0.2, 0.25) is 0 Å². The van der Waals surface area contributed by atoms with Crippen LogP contribution in [0.3, 0.4) is 0 Å². The predicted octanol–water partition coefficient (Wildman–Crippen LogP) is 0.880. The van der Waals surface area contributed by atoms with Gasteiger partial charge in [-0.25, -0.2) is 0 Å². The molecule has 1 rings (SSSR count). The number of aromatic nitrogens is 1. The van der Waals surface area contributed by atoms with Crippen LogP contribution in [-0.4, -0.2) is 20.8 Å². The molecule has 1 atom stereocenters. The van der Waals surface area contributed by atoms with E-state index in [9.17, 15) is 9.00 Å². The molecule has 0 saturated heterocycles. The highest BCUT2D eigenvalue weighted by molar-refractivity contribution is 9.10. The highest BCUT2D eigenvalue weighted by atomic mass is 79.9. The van der Waals surface area contributed by atoms with Crippen LogP contribution in [0.5, 0.6) is 0 Å². The minimum Gasteiger partial charge on any atom is -0.397 e. The maximum Gasteiger partial charge on any atom is 0.265 e. The molecule has 1 heterocycles. The standard InChI is InChI=1S/C9H13BrN2O2S/c1-6-7(11)5-12(3-4-15(2)14)9(13)8(6)10/h5H,3-4,11H2,1-2H3. The zero-order valence-corrected chi connectivity index (χ0v) is 11.0. The largest absolute Gasteiger partial charge is 0.397 e. The molecule has 0 radical (unpaired) electrons. The predicted molar refractivity (Wildman–Crippen MR) is 66.5 cm³/mol. The number of anilines is 1. The number of nitrogen functional groups attached to an aromatic ring is 1. The Morgan fingerprint density at radius 1 is 1.60 bits per heavy atom. The molecule has 1 aromatic rings. The van der Waals surface area contributed by atoms with Gasteiger partial charge in [0, 0.05) is 35.5 Å². The number of pyridine rings is 1. The Morgan fingerprint density at radius 2 is 2.20 bits per heavy atom. The van der Waals surface area contributed by atoms with Crippen LogP contribution in [0.15, 0.2) is 15.5 Å². The van der Waals surface area contributed by atoms with Gasteiger partial charge in [0.25, 0.3) is 5.56 Å². The van der Waals surface area contributed by atoms with Gasteiger partial charge < -0.3 is 10.3 Å². The van der Waals surface area contributed by atoms with Gasteiger partial charge in [0.05, 0.1) is 10.2 Å². The number of hydrogen-bond acceptors (Lipinski definition) is 3. The molecule has 0 fully saturated rings. The Morgan fingerprint density at radius 3 is 2.73 bits per heavy atom. The monoisotopic (exact) mass is 292 g/mol. The number of hydrogen-bond donors (Lipinski definition) is 1. The molecule has 0 bridgehead atoms. The van der Waals surface area contributed by atoms with Gasteiger partial charge in [0.15, 0.2) is 0 Å². The number of halogens is 1. The van der Waals surface area contributed by atoms with Crippen molar-refractivity contribution in [2.24, 2.45) is 0 Å². The average Bonchev–Trinajstić information content (AvgIpc) is 2.18. The topological polar surface area (TPSA) is 65.1 Å². The van der Waals surface area contributed by atoms with E-state index in [0.29, 0.717) is 22.5 Å². The molecule has 2 N–H and O–H groups in total. The van der Waals surface area contributed by atoms with Crippen molar-refractivity contribution >= 4 is 32.4 Å². The van der Waals surface area contributed by atoms with Gasteiger partial charge in [-0.05, 0) is 28.4 Å². The first-order valence-corrected chi connectivity index (χ1v) is 6.90. The molecule has 0 spiro atoms. The van der Waals surface area contributed by atoms with Crippen molar-refractivity contribution in [3.63, 3.8) is 0 Å². The van der Waals surface area contributed by atoms with Crippen molar-refractivity contribution < 1.29 is 4.21 Å². The molecular formula is C9H13BrN2O2S. The van der Waals surface area contributed by atoms with E-state index >= 15 is 0 Å². The van der Waals surface area contributed by atoms with Crippen molar-refractivity contribution in [1.82, 2.24) is 4.57 Å². The van der Waals surface area contributed by atoms with Crippen LogP contribution in [-0.2, 0) is 17.3 Å². The van der Waals surface area contributed by atoms with Crippen LogP contribution in [0.2, 0.25) is 0 Å². The normalized spacial score (nSPS) is 12.7. The summed E-state index contributed by atoms with van der Waals surface area (Å²) in [5.41, 5.74) is 6.90. The van der Waals surface area contributed by atoms with Crippen LogP contribution < -0.4 is 11.3 Å². The molecule has 1 aromatic heterocycles. The first-order valence-electron chi connectivity index (χ1n) is 4.38. The summed E-state index contributed by atoms with van der Waals surface area (Å²) in [5.74, 6) is 0.453. The third-order valence-electron chi connectivity index (χ3n) is 2.13. The molecule has 84 valence electrons. The summed E-state index contributed by atoms with van der Waals surface area (Å²) in [7, 11) is -0.909. The van der Waals surface area contributed by atoms with Gasteiger partial charge in [-0.1, -0.05) is 0 Å². The first kappa shape index (κ1) is 12.4. The summed E-state index contributed by atoms with van der Waals surface area (Å²) in [5, 5.41) is 0. The quantitative estimate of drug-likeness (QED) is 0.899. The summed E-state index contributed by atoms with van der Waals surface area (Å²) >= 11 is 3.20. The Balaban J connectivity index is 3.10. The highest BCUT2D eigenvalue weighted by Gasteiger charge is 2.08. The third-order valence-corrected chi connectivity index (χ3v) is 3.82. The molecule has 0 aromatic carbocycles. The van der Waals surface area contributed by atoms with Gasteiger partial charge >= 0.3 is 0 Å². The van der Waals surface area contributed by atoms with E-state index < -0.39 is 10.8 Å². The summed E-state index contributed by atoms with van der Waals surface area (Å²) in [6.07, 6.45) is 3.20. The van der Waals surface area contributed by atoms with E-state index in [0.717, 1.165) is 5.56 Å². The second-order valence-corrected chi connectivity index (χ2v) is 5.65. The third kappa shape index (κ3) is 2.92. The lowest BCUT2D eigenvalue weighted by Gasteiger charge is -2.09. The van der Waals surface area contributed by atoms with Gasteiger partial charge in [-0.15, -0.1) is 0 Å². The maximum atomic E-state index is 11.7. The number of aryl methyl sites for hydroxylation is 1. The number of nitrogens with two attached hydrogens (primary N) is 1. The van der Waals surface area contributed by atoms with Crippen LogP contribution in [0.25, 0.3) is 0 Å². The Bertz CT molecular complexity index is 456. The highest BCUT2D eigenvalue weighted by Crippen LogP contribution is 2.16. The number of nitrogens with zero attached hydrogens (tertiary/aromatic N) is 1.